The Balaban J connectivity index is 1.24. The summed E-state index contributed by atoms with van der Waals surface area (Å²) in [5.74, 6) is 2.22. The monoisotopic (exact) mass is 626 g/mol. The Morgan fingerprint density at radius 1 is 0.429 bits per heavy atom. The second kappa shape index (κ2) is 9.89. The molecular weight excluding hydrogens is 601 g/mol. The third-order valence-electron chi connectivity index (χ3n) is 9.94. The maximum absolute atomic E-state index is 6.31. The number of benzene rings is 7. The fourth-order valence-corrected chi connectivity index (χ4v) is 7.82. The van der Waals surface area contributed by atoms with Crippen molar-refractivity contribution in [1.29, 1.82) is 0 Å². The lowest BCUT2D eigenvalue weighted by molar-refractivity contribution is 0.486. The number of hydrogen-bond acceptors (Lipinski definition) is 3. The first kappa shape index (κ1) is 26.4. The van der Waals surface area contributed by atoms with E-state index < -0.39 is 0 Å². The van der Waals surface area contributed by atoms with Crippen molar-refractivity contribution < 1.29 is 4.74 Å². The van der Waals surface area contributed by atoms with Crippen LogP contribution in [-0.4, -0.2) is 19.1 Å². The van der Waals surface area contributed by atoms with E-state index in [2.05, 4.69) is 137 Å². The molecule has 228 valence electrons. The molecule has 49 heavy (non-hydrogen) atoms. The topological polar surface area (TPSA) is 44.9 Å². The molecule has 5 heteroatoms. The van der Waals surface area contributed by atoms with Gasteiger partial charge in [0.1, 0.15) is 11.5 Å². The Hall–Kier alpha value is -6.72. The van der Waals surface area contributed by atoms with Gasteiger partial charge in [0.15, 0.2) is 0 Å². The van der Waals surface area contributed by atoms with Gasteiger partial charge in [-0.2, -0.15) is 0 Å². The van der Waals surface area contributed by atoms with Crippen molar-refractivity contribution in [3.8, 4) is 45.5 Å². The maximum atomic E-state index is 6.31. The molecule has 0 unspecified atom stereocenters. The smallest absolute Gasteiger partial charge is 0.235 e. The van der Waals surface area contributed by atoms with Crippen molar-refractivity contribution in [2.75, 3.05) is 0 Å². The summed E-state index contributed by atoms with van der Waals surface area (Å²) in [5.41, 5.74) is 10.7. The fraction of sp³-hybridized carbons (Fsp3) is 0. The van der Waals surface area contributed by atoms with E-state index >= 15 is 0 Å². The van der Waals surface area contributed by atoms with Crippen LogP contribution in [-0.2, 0) is 0 Å². The van der Waals surface area contributed by atoms with Crippen LogP contribution in [0.3, 0.4) is 0 Å². The summed E-state index contributed by atoms with van der Waals surface area (Å²) in [6.07, 6.45) is 0. The highest BCUT2D eigenvalue weighted by atomic mass is 16.5. The first-order valence-corrected chi connectivity index (χ1v) is 16.5. The molecule has 1 aliphatic rings. The SMILES string of the molecule is c1ccc(-c2ccc(-n3c4ccccc4c4c3ccc3c5ccccc5n(-c5nc6c7c(cccc7n5)Oc5ccccc5-6)c34)cc2)cc1. The first-order valence-electron chi connectivity index (χ1n) is 16.5. The lowest BCUT2D eigenvalue weighted by Crippen LogP contribution is -2.06. The minimum atomic E-state index is 0.638. The summed E-state index contributed by atoms with van der Waals surface area (Å²) in [7, 11) is 0. The van der Waals surface area contributed by atoms with Crippen LogP contribution in [0.5, 0.6) is 11.5 Å². The van der Waals surface area contributed by atoms with Gasteiger partial charge in [0, 0.05) is 32.8 Å². The molecule has 11 rings (SSSR count). The molecule has 4 heterocycles. The predicted octanol–water partition coefficient (Wildman–Crippen LogP) is 11.3. The fourth-order valence-electron chi connectivity index (χ4n) is 7.82. The number of nitrogens with zero attached hydrogens (tertiary/aromatic N) is 4. The lowest BCUT2D eigenvalue weighted by atomic mass is 10.0. The molecule has 0 aliphatic carbocycles. The second-order valence-electron chi connectivity index (χ2n) is 12.6. The third-order valence-corrected chi connectivity index (χ3v) is 9.94. The average molecular weight is 627 g/mol. The number of aromatic nitrogens is 4. The highest BCUT2D eigenvalue weighted by Crippen LogP contribution is 2.46. The van der Waals surface area contributed by atoms with Gasteiger partial charge in [-0.05, 0) is 65.7 Å². The molecule has 0 fully saturated rings. The number of rotatable bonds is 3. The van der Waals surface area contributed by atoms with Crippen molar-refractivity contribution in [2.45, 2.75) is 0 Å². The summed E-state index contributed by atoms with van der Waals surface area (Å²) < 4.78 is 11.0. The zero-order valence-corrected chi connectivity index (χ0v) is 26.2. The van der Waals surface area contributed by atoms with Crippen LogP contribution in [0.4, 0.5) is 0 Å². The van der Waals surface area contributed by atoms with E-state index in [0.717, 1.165) is 61.4 Å². The average Bonchev–Trinajstić information content (AvgIpc) is 3.68. The van der Waals surface area contributed by atoms with Crippen LogP contribution in [0.15, 0.2) is 158 Å². The number of ether oxygens (including phenoxy) is 1. The summed E-state index contributed by atoms with van der Waals surface area (Å²) in [6.45, 7) is 0. The van der Waals surface area contributed by atoms with Gasteiger partial charge in [0.2, 0.25) is 5.95 Å². The van der Waals surface area contributed by atoms with Crippen LogP contribution < -0.4 is 4.74 Å². The maximum Gasteiger partial charge on any atom is 0.235 e. The molecule has 0 spiro atoms. The van der Waals surface area contributed by atoms with Crippen LogP contribution in [0, 0.1) is 0 Å². The minimum absolute atomic E-state index is 0.638. The summed E-state index contributed by atoms with van der Waals surface area (Å²) >= 11 is 0. The van der Waals surface area contributed by atoms with Crippen LogP contribution >= 0.6 is 0 Å². The zero-order valence-electron chi connectivity index (χ0n) is 26.2. The Labute approximate surface area is 280 Å². The van der Waals surface area contributed by atoms with Gasteiger partial charge in [-0.25, -0.2) is 9.97 Å². The van der Waals surface area contributed by atoms with Gasteiger partial charge in [0.25, 0.3) is 0 Å². The highest BCUT2D eigenvalue weighted by molar-refractivity contribution is 6.26. The van der Waals surface area contributed by atoms with Gasteiger partial charge < -0.3 is 9.30 Å². The minimum Gasteiger partial charge on any atom is -0.456 e. The molecule has 5 nitrogen and oxygen atoms in total. The molecule has 0 atom stereocenters. The molecule has 7 aromatic carbocycles. The highest BCUT2D eigenvalue weighted by Gasteiger charge is 2.26. The lowest BCUT2D eigenvalue weighted by Gasteiger charge is -2.21. The van der Waals surface area contributed by atoms with E-state index in [9.17, 15) is 0 Å². The second-order valence-corrected chi connectivity index (χ2v) is 12.6. The Morgan fingerprint density at radius 3 is 1.98 bits per heavy atom. The summed E-state index contributed by atoms with van der Waals surface area (Å²) in [5, 5.41) is 5.62. The van der Waals surface area contributed by atoms with Crippen molar-refractivity contribution in [3.05, 3.63) is 158 Å². The number of hydrogen-bond donors (Lipinski definition) is 0. The molecule has 0 bridgehead atoms. The van der Waals surface area contributed by atoms with Crippen LogP contribution in [0.1, 0.15) is 0 Å². The van der Waals surface area contributed by atoms with E-state index in [0.29, 0.717) is 5.95 Å². The Morgan fingerprint density at radius 2 is 1.12 bits per heavy atom. The van der Waals surface area contributed by atoms with E-state index in [4.69, 9.17) is 14.7 Å². The molecule has 0 radical (unpaired) electrons. The van der Waals surface area contributed by atoms with Crippen molar-refractivity contribution in [1.82, 2.24) is 19.1 Å². The van der Waals surface area contributed by atoms with Gasteiger partial charge in [0.05, 0.1) is 38.7 Å². The van der Waals surface area contributed by atoms with Crippen molar-refractivity contribution in [2.24, 2.45) is 0 Å². The van der Waals surface area contributed by atoms with Gasteiger partial charge in [-0.1, -0.05) is 103 Å². The van der Waals surface area contributed by atoms with Gasteiger partial charge in [-0.15, -0.1) is 0 Å². The zero-order chi connectivity index (χ0) is 32.1. The Kier molecular flexibility index (Phi) is 5.32. The molecule has 0 N–H and O–H groups in total. The van der Waals surface area contributed by atoms with E-state index in [-0.39, 0.29) is 0 Å². The largest absolute Gasteiger partial charge is 0.456 e. The van der Waals surface area contributed by atoms with E-state index in [1.807, 2.05) is 30.3 Å². The molecule has 3 aromatic heterocycles. The normalized spacial score (nSPS) is 12.2. The molecule has 10 aromatic rings. The van der Waals surface area contributed by atoms with Crippen LogP contribution in [0.25, 0.3) is 88.5 Å². The summed E-state index contributed by atoms with van der Waals surface area (Å²) in [4.78, 5) is 10.6. The molecule has 1 aliphatic heterocycles. The van der Waals surface area contributed by atoms with Crippen LogP contribution in [0.2, 0.25) is 0 Å². The molecule has 0 saturated heterocycles. The number of fused-ring (bicyclic) bond motifs is 9. The summed E-state index contributed by atoms with van der Waals surface area (Å²) in [6, 6.07) is 55.4. The van der Waals surface area contributed by atoms with Crippen molar-refractivity contribution in [3.63, 3.8) is 0 Å². The van der Waals surface area contributed by atoms with E-state index in [1.165, 1.54) is 32.7 Å². The molecule has 0 amide bonds. The first-order chi connectivity index (χ1) is 24.3. The number of para-hydroxylation sites is 3. The predicted molar refractivity (Wildman–Crippen MR) is 199 cm³/mol. The van der Waals surface area contributed by atoms with Gasteiger partial charge in [-0.3, -0.25) is 4.57 Å². The van der Waals surface area contributed by atoms with Crippen molar-refractivity contribution >= 4 is 54.5 Å². The standard InChI is InChI=1S/C44H26N4O/c1-2-11-27(12-3-1)28-21-23-29(24-22-28)47-36-18-8-5-14-32(36)40-37(47)26-25-31-30-13-4-7-17-35(30)48(43(31)40)44-45-34-16-10-20-39-41(34)42(46-44)33-15-6-9-19-38(33)49-39/h1-26H. The third kappa shape index (κ3) is 3.70. The van der Waals surface area contributed by atoms with E-state index in [1.54, 1.807) is 0 Å². The molecular formula is C44H26N4O. The van der Waals surface area contributed by atoms with Gasteiger partial charge >= 0.3 is 0 Å². The molecule has 0 saturated carbocycles. The quantitative estimate of drug-likeness (QED) is 0.196. The Bertz CT molecular complexity index is 2960.